The Bertz CT molecular complexity index is 1360. The molecule has 30 heavy (non-hydrogen) atoms. The zero-order valence-corrected chi connectivity index (χ0v) is 17.3. The second-order valence-electron chi connectivity index (χ2n) is 6.59. The number of aryl methyl sites for hydroxylation is 1. The molecule has 0 fully saturated rings. The summed E-state index contributed by atoms with van der Waals surface area (Å²) in [6, 6.07) is 17.6. The summed E-state index contributed by atoms with van der Waals surface area (Å²) in [4.78, 5) is 9.01. The van der Waals surface area contributed by atoms with E-state index in [0.29, 0.717) is 16.7 Å². The third-order valence-corrected chi connectivity index (χ3v) is 5.91. The predicted molar refractivity (Wildman–Crippen MR) is 116 cm³/mol. The Morgan fingerprint density at radius 3 is 2.27 bits per heavy atom. The number of para-hydroxylation sites is 2. The van der Waals surface area contributed by atoms with Crippen LogP contribution in [0.3, 0.4) is 0 Å². The Hall–Kier alpha value is -3.23. The van der Waals surface area contributed by atoms with E-state index in [0.717, 1.165) is 5.56 Å². The molecule has 3 aromatic carbocycles. The molecule has 4 aromatic rings. The molecule has 4 rings (SSSR count). The molecule has 0 saturated carbocycles. The number of aromatic nitrogens is 2. The van der Waals surface area contributed by atoms with E-state index < -0.39 is 15.8 Å². The van der Waals surface area contributed by atoms with Crippen LogP contribution in [0.1, 0.15) is 5.56 Å². The highest BCUT2D eigenvalue weighted by molar-refractivity contribution is 7.92. The van der Waals surface area contributed by atoms with Crippen molar-refractivity contribution in [2.75, 3.05) is 10.0 Å². The molecule has 0 radical (unpaired) electrons. The van der Waals surface area contributed by atoms with Crippen molar-refractivity contribution in [1.29, 1.82) is 0 Å². The number of hydrogen-bond donors (Lipinski definition) is 2. The minimum absolute atomic E-state index is 0.00986. The van der Waals surface area contributed by atoms with Crippen LogP contribution in [0.4, 0.5) is 21.7 Å². The van der Waals surface area contributed by atoms with E-state index >= 15 is 0 Å². The third-order valence-electron chi connectivity index (χ3n) is 4.28. The van der Waals surface area contributed by atoms with Crippen molar-refractivity contribution < 1.29 is 12.8 Å². The first kappa shape index (κ1) is 20.1. The summed E-state index contributed by atoms with van der Waals surface area (Å²) in [5.41, 5.74) is 2.32. The minimum atomic E-state index is -3.91. The summed E-state index contributed by atoms with van der Waals surface area (Å²) >= 11 is 5.85. The average molecular weight is 443 g/mol. The molecule has 0 aliphatic rings. The monoisotopic (exact) mass is 442 g/mol. The molecule has 2 N–H and O–H groups in total. The van der Waals surface area contributed by atoms with Crippen LogP contribution in [0.5, 0.6) is 0 Å². The van der Waals surface area contributed by atoms with E-state index in [4.69, 9.17) is 11.6 Å². The zero-order chi connectivity index (χ0) is 21.3. The maximum atomic E-state index is 13.5. The lowest BCUT2D eigenvalue weighted by Gasteiger charge is -2.14. The lowest BCUT2D eigenvalue weighted by Crippen LogP contribution is -2.16. The first-order valence-electron chi connectivity index (χ1n) is 8.90. The van der Waals surface area contributed by atoms with Gasteiger partial charge in [0.15, 0.2) is 11.6 Å². The molecule has 0 saturated heterocycles. The quantitative estimate of drug-likeness (QED) is 0.439. The number of nitrogens with zero attached hydrogens (tertiary/aromatic N) is 2. The first-order valence-corrected chi connectivity index (χ1v) is 10.8. The molecule has 0 spiro atoms. The van der Waals surface area contributed by atoms with Crippen LogP contribution in [0.25, 0.3) is 11.0 Å². The highest BCUT2D eigenvalue weighted by atomic mass is 35.5. The van der Waals surface area contributed by atoms with Crippen molar-refractivity contribution in [2.45, 2.75) is 11.8 Å². The molecule has 9 heteroatoms. The maximum absolute atomic E-state index is 13.5. The number of halogens is 2. The Kier molecular flexibility index (Phi) is 5.27. The van der Waals surface area contributed by atoms with Gasteiger partial charge in [-0.2, -0.15) is 0 Å². The Balaban J connectivity index is 1.79. The molecular formula is C21H16ClFN4O2S. The molecule has 0 bridgehead atoms. The van der Waals surface area contributed by atoms with Crippen LogP contribution >= 0.6 is 11.6 Å². The van der Waals surface area contributed by atoms with Crippen LogP contribution in [-0.2, 0) is 10.0 Å². The van der Waals surface area contributed by atoms with Crippen LogP contribution < -0.4 is 10.0 Å². The van der Waals surface area contributed by atoms with E-state index in [9.17, 15) is 12.8 Å². The van der Waals surface area contributed by atoms with Crippen molar-refractivity contribution in [3.63, 3.8) is 0 Å². The van der Waals surface area contributed by atoms with Crippen molar-refractivity contribution >= 4 is 50.0 Å². The summed E-state index contributed by atoms with van der Waals surface area (Å²) in [6.07, 6.45) is 0. The van der Waals surface area contributed by atoms with Gasteiger partial charge in [-0.05, 0) is 55.0 Å². The average Bonchev–Trinajstić information content (AvgIpc) is 2.71. The van der Waals surface area contributed by atoms with Gasteiger partial charge in [-0.1, -0.05) is 35.9 Å². The van der Waals surface area contributed by atoms with Crippen LogP contribution in [0, 0.1) is 12.7 Å². The summed E-state index contributed by atoms with van der Waals surface area (Å²) in [7, 11) is -3.91. The van der Waals surface area contributed by atoms with Gasteiger partial charge < -0.3 is 5.32 Å². The van der Waals surface area contributed by atoms with Gasteiger partial charge in [-0.15, -0.1) is 0 Å². The molecular weight excluding hydrogens is 427 g/mol. The molecule has 6 nitrogen and oxygen atoms in total. The lowest BCUT2D eigenvalue weighted by atomic mass is 10.2. The number of hydrogen-bond acceptors (Lipinski definition) is 5. The SMILES string of the molecule is Cc1cccc(S(=O)(=O)Nc2nc3ccccc3nc2Nc2ccc(F)c(Cl)c2)c1. The highest BCUT2D eigenvalue weighted by Crippen LogP contribution is 2.28. The largest absolute Gasteiger partial charge is 0.337 e. The van der Waals surface area contributed by atoms with E-state index in [2.05, 4.69) is 20.0 Å². The van der Waals surface area contributed by atoms with E-state index in [1.165, 1.54) is 24.3 Å². The minimum Gasteiger partial charge on any atom is -0.337 e. The first-order chi connectivity index (χ1) is 14.3. The van der Waals surface area contributed by atoms with Crippen LogP contribution in [0.15, 0.2) is 71.6 Å². The summed E-state index contributed by atoms with van der Waals surface area (Å²) in [5.74, 6) is -0.393. The summed E-state index contributed by atoms with van der Waals surface area (Å²) < 4.78 is 41.8. The van der Waals surface area contributed by atoms with Crippen molar-refractivity contribution in [3.05, 3.63) is 83.1 Å². The summed E-state index contributed by atoms with van der Waals surface area (Å²) in [5, 5.41) is 2.89. The molecule has 0 amide bonds. The van der Waals surface area contributed by atoms with Crippen molar-refractivity contribution in [1.82, 2.24) is 9.97 Å². The number of rotatable bonds is 5. The normalized spacial score (nSPS) is 11.4. The van der Waals surface area contributed by atoms with Crippen LogP contribution in [-0.4, -0.2) is 18.4 Å². The third kappa shape index (κ3) is 4.19. The molecule has 1 heterocycles. The van der Waals surface area contributed by atoms with Gasteiger partial charge >= 0.3 is 0 Å². The molecule has 1 aromatic heterocycles. The zero-order valence-electron chi connectivity index (χ0n) is 15.7. The highest BCUT2D eigenvalue weighted by Gasteiger charge is 2.19. The van der Waals surface area contributed by atoms with Gasteiger partial charge in [0.2, 0.25) is 0 Å². The van der Waals surface area contributed by atoms with Crippen molar-refractivity contribution in [3.8, 4) is 0 Å². The molecule has 0 atom stereocenters. The van der Waals surface area contributed by atoms with E-state index in [1.807, 2.05) is 0 Å². The van der Waals surface area contributed by atoms with Gasteiger partial charge in [0.1, 0.15) is 5.82 Å². The van der Waals surface area contributed by atoms with Gasteiger partial charge in [0.25, 0.3) is 10.0 Å². The predicted octanol–water partition coefficient (Wildman–Crippen LogP) is 5.28. The fourth-order valence-electron chi connectivity index (χ4n) is 2.84. The molecule has 0 aliphatic heterocycles. The molecule has 0 aliphatic carbocycles. The van der Waals surface area contributed by atoms with E-state index in [-0.39, 0.29) is 21.6 Å². The number of fused-ring (bicyclic) bond motifs is 1. The van der Waals surface area contributed by atoms with Crippen molar-refractivity contribution in [2.24, 2.45) is 0 Å². The fourth-order valence-corrected chi connectivity index (χ4v) is 4.13. The number of anilines is 3. The van der Waals surface area contributed by atoms with Crippen LogP contribution in [0.2, 0.25) is 5.02 Å². The number of benzene rings is 3. The van der Waals surface area contributed by atoms with Gasteiger partial charge in [-0.3, -0.25) is 4.72 Å². The van der Waals surface area contributed by atoms with E-state index in [1.54, 1.807) is 49.4 Å². The fraction of sp³-hybridized carbons (Fsp3) is 0.0476. The smallest absolute Gasteiger partial charge is 0.263 e. The number of sulfonamides is 1. The number of nitrogens with one attached hydrogen (secondary N) is 2. The molecule has 152 valence electrons. The Labute approximate surface area is 177 Å². The second-order valence-corrected chi connectivity index (χ2v) is 8.68. The maximum Gasteiger partial charge on any atom is 0.263 e. The topological polar surface area (TPSA) is 84.0 Å². The lowest BCUT2D eigenvalue weighted by molar-refractivity contribution is 0.601. The summed E-state index contributed by atoms with van der Waals surface area (Å²) in [6.45, 7) is 1.81. The van der Waals surface area contributed by atoms with Gasteiger partial charge in [-0.25, -0.2) is 22.8 Å². The van der Waals surface area contributed by atoms with Gasteiger partial charge in [0, 0.05) is 5.69 Å². The second kappa shape index (κ2) is 7.89. The Morgan fingerprint density at radius 2 is 1.60 bits per heavy atom. The standard InChI is InChI=1S/C21H16ClFN4O2S/c1-13-5-4-6-15(11-13)30(28,29)27-21-20(24-14-9-10-17(23)16(22)12-14)25-18-7-2-3-8-19(18)26-21/h2-12H,1H3,(H,24,25)(H,26,27). The molecule has 0 unspecified atom stereocenters. The Morgan fingerprint density at radius 1 is 0.900 bits per heavy atom. The van der Waals surface area contributed by atoms with Gasteiger partial charge in [0.05, 0.1) is 21.0 Å².